The Labute approximate surface area is 190 Å². The Kier molecular flexibility index (Phi) is 4.87. The van der Waals surface area contributed by atoms with E-state index >= 15 is 0 Å². The van der Waals surface area contributed by atoms with Crippen LogP contribution in [0.15, 0.2) is 66.7 Å². The summed E-state index contributed by atoms with van der Waals surface area (Å²) in [6.45, 7) is 1.19. The zero-order chi connectivity index (χ0) is 22.2. The van der Waals surface area contributed by atoms with E-state index in [9.17, 15) is 4.79 Å². The molecule has 2 aliphatic heterocycles. The summed E-state index contributed by atoms with van der Waals surface area (Å²) in [6, 6.07) is 21.7. The van der Waals surface area contributed by atoms with Gasteiger partial charge in [0, 0.05) is 6.54 Å². The second-order valence-corrected chi connectivity index (χ2v) is 8.31. The number of aromatic amines is 1. The van der Waals surface area contributed by atoms with Crippen molar-refractivity contribution in [2.75, 3.05) is 13.3 Å². The average Bonchev–Trinajstić information content (AvgIpc) is 3.61. The van der Waals surface area contributed by atoms with Gasteiger partial charge in [0.1, 0.15) is 12.4 Å². The number of aromatic nitrogens is 2. The fourth-order valence-electron chi connectivity index (χ4n) is 4.51. The van der Waals surface area contributed by atoms with Crippen molar-refractivity contribution in [3.8, 4) is 22.6 Å². The molecule has 33 heavy (non-hydrogen) atoms. The molecule has 1 fully saturated rings. The summed E-state index contributed by atoms with van der Waals surface area (Å²) >= 11 is 0. The Morgan fingerprint density at radius 2 is 1.85 bits per heavy atom. The summed E-state index contributed by atoms with van der Waals surface area (Å²) < 4.78 is 16.5. The van der Waals surface area contributed by atoms with E-state index in [4.69, 9.17) is 19.2 Å². The Morgan fingerprint density at radius 1 is 1.03 bits per heavy atom. The highest BCUT2D eigenvalue weighted by molar-refractivity contribution is 5.82. The number of likely N-dealkylation sites (tertiary alicyclic amines) is 1. The van der Waals surface area contributed by atoms with E-state index < -0.39 is 0 Å². The normalized spacial score (nSPS) is 17.0. The average molecular weight is 441 g/mol. The van der Waals surface area contributed by atoms with Gasteiger partial charge in [-0.25, -0.2) is 9.78 Å². The molecule has 3 heterocycles. The van der Waals surface area contributed by atoms with Crippen LogP contribution in [0.2, 0.25) is 0 Å². The smallest absolute Gasteiger partial charge is 0.410 e. The molecule has 0 aliphatic carbocycles. The first kappa shape index (κ1) is 19.7. The highest BCUT2D eigenvalue weighted by Gasteiger charge is 2.33. The molecule has 1 atom stereocenters. The number of imidazole rings is 1. The van der Waals surface area contributed by atoms with Crippen LogP contribution in [0, 0.1) is 0 Å². The minimum atomic E-state index is -0.303. The van der Waals surface area contributed by atoms with Crippen molar-refractivity contribution in [1.82, 2.24) is 14.9 Å². The molecule has 166 valence electrons. The summed E-state index contributed by atoms with van der Waals surface area (Å²) in [7, 11) is 0. The number of rotatable bonds is 4. The number of ether oxygens (including phenoxy) is 3. The molecule has 2 aliphatic rings. The van der Waals surface area contributed by atoms with Gasteiger partial charge < -0.3 is 19.2 Å². The lowest BCUT2D eigenvalue weighted by Gasteiger charge is -2.22. The third-order valence-electron chi connectivity index (χ3n) is 6.21. The topological polar surface area (TPSA) is 76.7 Å². The largest absolute Gasteiger partial charge is 0.454 e. The molecule has 0 bridgehead atoms. The van der Waals surface area contributed by atoms with Crippen LogP contribution in [-0.4, -0.2) is 34.3 Å². The minimum Gasteiger partial charge on any atom is -0.454 e. The Bertz CT molecular complexity index is 1320. The van der Waals surface area contributed by atoms with Crippen LogP contribution in [0.1, 0.15) is 30.3 Å². The number of fused-ring (bicyclic) bond motifs is 2. The third kappa shape index (κ3) is 3.75. The quantitative estimate of drug-likeness (QED) is 0.457. The van der Waals surface area contributed by atoms with Gasteiger partial charge in [0.25, 0.3) is 0 Å². The SMILES string of the molecule is O=C(OCc1ccccc1)N1CCC[C@@H]1c1nc2ccc(-c3ccc4c(c3)OCO4)cc2[nH]1. The van der Waals surface area contributed by atoms with Crippen molar-refractivity contribution < 1.29 is 19.0 Å². The number of H-pyrrole nitrogens is 1. The molecule has 1 amide bonds. The van der Waals surface area contributed by atoms with E-state index in [1.807, 2.05) is 60.7 Å². The summed E-state index contributed by atoms with van der Waals surface area (Å²) in [6.07, 6.45) is 1.47. The molecule has 0 radical (unpaired) electrons. The van der Waals surface area contributed by atoms with Gasteiger partial charge in [-0.2, -0.15) is 0 Å². The number of carbonyl (C=O) groups excluding carboxylic acids is 1. The molecule has 1 N–H and O–H groups in total. The highest BCUT2D eigenvalue weighted by atomic mass is 16.7. The van der Waals surface area contributed by atoms with Crippen molar-refractivity contribution in [3.63, 3.8) is 0 Å². The monoisotopic (exact) mass is 441 g/mol. The minimum absolute atomic E-state index is 0.116. The van der Waals surface area contributed by atoms with Crippen LogP contribution >= 0.6 is 0 Å². The fourth-order valence-corrected chi connectivity index (χ4v) is 4.51. The van der Waals surface area contributed by atoms with E-state index in [0.29, 0.717) is 6.54 Å². The van der Waals surface area contributed by atoms with Crippen molar-refractivity contribution >= 4 is 17.1 Å². The molecule has 4 aromatic rings. The lowest BCUT2D eigenvalue weighted by molar-refractivity contribution is 0.0910. The Balaban J connectivity index is 1.22. The van der Waals surface area contributed by atoms with Crippen molar-refractivity contribution in [3.05, 3.63) is 78.1 Å². The highest BCUT2D eigenvalue weighted by Crippen LogP contribution is 2.37. The second kappa shape index (κ2) is 8.16. The number of benzene rings is 3. The summed E-state index contributed by atoms with van der Waals surface area (Å²) in [4.78, 5) is 22.8. The van der Waals surface area contributed by atoms with Gasteiger partial charge in [-0.1, -0.05) is 42.5 Å². The van der Waals surface area contributed by atoms with Crippen LogP contribution in [0.5, 0.6) is 11.5 Å². The van der Waals surface area contributed by atoms with Crippen LogP contribution in [0.25, 0.3) is 22.2 Å². The first-order valence-electron chi connectivity index (χ1n) is 11.1. The van der Waals surface area contributed by atoms with Crippen molar-refractivity contribution in [2.24, 2.45) is 0 Å². The van der Waals surface area contributed by atoms with Gasteiger partial charge in [-0.15, -0.1) is 0 Å². The van der Waals surface area contributed by atoms with E-state index in [1.165, 1.54) is 0 Å². The van der Waals surface area contributed by atoms with Crippen molar-refractivity contribution in [2.45, 2.75) is 25.5 Å². The molecule has 1 saturated heterocycles. The van der Waals surface area contributed by atoms with Crippen LogP contribution < -0.4 is 9.47 Å². The first-order chi connectivity index (χ1) is 16.2. The second-order valence-electron chi connectivity index (χ2n) is 8.31. The molecular weight excluding hydrogens is 418 g/mol. The van der Waals surface area contributed by atoms with Gasteiger partial charge in [0.05, 0.1) is 17.1 Å². The molecule has 7 nitrogen and oxygen atoms in total. The Morgan fingerprint density at radius 3 is 2.76 bits per heavy atom. The zero-order valence-corrected chi connectivity index (χ0v) is 18.0. The van der Waals surface area contributed by atoms with Crippen molar-refractivity contribution in [1.29, 1.82) is 0 Å². The standard InChI is InChI=1S/C26H23N3O4/c30-26(31-15-17-5-2-1-3-6-17)29-12-4-7-22(29)25-27-20-10-8-18(13-21(20)28-25)19-9-11-23-24(14-19)33-16-32-23/h1-3,5-6,8-11,13-14,22H,4,7,12,15-16H2,(H,27,28)/t22-/m1/s1. The molecule has 0 spiro atoms. The maximum absolute atomic E-state index is 12.8. The molecule has 6 rings (SSSR count). The van der Waals surface area contributed by atoms with E-state index in [1.54, 1.807) is 4.90 Å². The number of carbonyl (C=O) groups is 1. The number of hydrogen-bond acceptors (Lipinski definition) is 5. The van der Waals surface area contributed by atoms with Crippen LogP contribution in [0.4, 0.5) is 4.79 Å². The maximum atomic E-state index is 12.8. The zero-order valence-electron chi connectivity index (χ0n) is 18.0. The van der Waals surface area contributed by atoms with Gasteiger partial charge in [0.15, 0.2) is 11.5 Å². The third-order valence-corrected chi connectivity index (χ3v) is 6.21. The predicted molar refractivity (Wildman–Crippen MR) is 123 cm³/mol. The number of nitrogens with zero attached hydrogens (tertiary/aromatic N) is 2. The van der Waals surface area contributed by atoms with Gasteiger partial charge in [0.2, 0.25) is 6.79 Å². The summed E-state index contributed by atoms with van der Waals surface area (Å²) in [5.41, 5.74) is 4.89. The van der Waals surface area contributed by atoms with Gasteiger partial charge in [-0.05, 0) is 53.8 Å². The first-order valence-corrected chi connectivity index (χ1v) is 11.1. The van der Waals surface area contributed by atoms with Gasteiger partial charge in [-0.3, -0.25) is 4.90 Å². The maximum Gasteiger partial charge on any atom is 0.410 e. The Hall–Kier alpha value is -4.00. The summed E-state index contributed by atoms with van der Waals surface area (Å²) in [5.74, 6) is 2.32. The number of amides is 1. The van der Waals surface area contributed by atoms with Crippen LogP contribution in [-0.2, 0) is 11.3 Å². The molecule has 7 heteroatoms. The molecule has 1 aromatic heterocycles. The lowest BCUT2D eigenvalue weighted by Crippen LogP contribution is -2.31. The molecule has 3 aromatic carbocycles. The van der Waals surface area contributed by atoms with Gasteiger partial charge >= 0.3 is 6.09 Å². The lowest BCUT2D eigenvalue weighted by atomic mass is 10.0. The van der Waals surface area contributed by atoms with Crippen LogP contribution in [0.3, 0.4) is 0 Å². The molecular formula is C26H23N3O4. The molecule has 0 saturated carbocycles. The van der Waals surface area contributed by atoms with E-state index in [0.717, 1.165) is 57.9 Å². The van der Waals surface area contributed by atoms with E-state index in [2.05, 4.69) is 11.1 Å². The predicted octanol–water partition coefficient (Wildman–Crippen LogP) is 5.43. The van der Waals surface area contributed by atoms with E-state index in [-0.39, 0.29) is 25.5 Å². The molecule has 0 unspecified atom stereocenters. The number of hydrogen-bond donors (Lipinski definition) is 1. The summed E-state index contributed by atoms with van der Waals surface area (Å²) in [5, 5.41) is 0. The fraction of sp³-hybridized carbons (Fsp3) is 0.231. The number of nitrogens with one attached hydrogen (secondary N) is 1.